The van der Waals surface area contributed by atoms with Gasteiger partial charge in [-0.05, 0) is 25.0 Å². The second-order valence-corrected chi connectivity index (χ2v) is 8.17. The summed E-state index contributed by atoms with van der Waals surface area (Å²) in [7, 11) is 0. The summed E-state index contributed by atoms with van der Waals surface area (Å²) < 4.78 is 6.57. The molecule has 1 fully saturated rings. The maximum absolute atomic E-state index is 13.2. The van der Waals surface area contributed by atoms with Crippen LogP contribution in [0.2, 0.25) is 0 Å². The van der Waals surface area contributed by atoms with Crippen molar-refractivity contribution in [1.82, 2.24) is 4.90 Å². The molecular weight excluding hydrogens is 396 g/mol. The molecule has 4 rings (SSSR count). The predicted molar refractivity (Wildman–Crippen MR) is 103 cm³/mol. The van der Waals surface area contributed by atoms with E-state index in [0.29, 0.717) is 32.7 Å². The van der Waals surface area contributed by atoms with Crippen LogP contribution in [0.1, 0.15) is 31.2 Å². The Morgan fingerprint density at radius 1 is 1.27 bits per heavy atom. The highest BCUT2D eigenvalue weighted by Gasteiger charge is 2.45. The molecule has 138 valence electrons. The molecule has 6 heteroatoms. The molecular formula is C20H23BrN2O3. The Labute approximate surface area is 162 Å². The van der Waals surface area contributed by atoms with E-state index in [9.17, 15) is 4.79 Å². The predicted octanol–water partition coefficient (Wildman–Crippen LogP) is 3.53. The lowest BCUT2D eigenvalue weighted by molar-refractivity contribution is -0.150. The van der Waals surface area contributed by atoms with Gasteiger partial charge < -0.3 is 14.5 Å². The molecule has 0 bridgehead atoms. The first kappa shape index (κ1) is 17.7. The molecule has 1 aromatic rings. The van der Waals surface area contributed by atoms with Crippen LogP contribution in [-0.2, 0) is 14.4 Å². The summed E-state index contributed by atoms with van der Waals surface area (Å²) in [5, 5.41) is 4.31. The molecule has 0 aliphatic carbocycles. The summed E-state index contributed by atoms with van der Waals surface area (Å²) in [5.74, 6) is 0.241. The number of carbonyl (C=O) groups excluding carboxylic acids is 1. The normalized spacial score (nSPS) is 24.4. The minimum atomic E-state index is -0.392. The Kier molecular flexibility index (Phi) is 5.14. The Hall–Kier alpha value is -1.66. The van der Waals surface area contributed by atoms with Crippen molar-refractivity contribution in [2.45, 2.75) is 31.8 Å². The van der Waals surface area contributed by atoms with Crippen molar-refractivity contribution in [3.63, 3.8) is 0 Å². The monoisotopic (exact) mass is 418 g/mol. The number of amides is 1. The topological polar surface area (TPSA) is 51.1 Å². The van der Waals surface area contributed by atoms with E-state index in [1.54, 1.807) is 0 Å². The van der Waals surface area contributed by atoms with Gasteiger partial charge in [-0.2, -0.15) is 0 Å². The van der Waals surface area contributed by atoms with E-state index in [2.05, 4.69) is 39.3 Å². The number of oxime groups is 1. The summed E-state index contributed by atoms with van der Waals surface area (Å²) >= 11 is 3.50. The fourth-order valence-electron chi connectivity index (χ4n) is 4.06. The van der Waals surface area contributed by atoms with Crippen molar-refractivity contribution in [1.29, 1.82) is 0 Å². The van der Waals surface area contributed by atoms with Crippen LogP contribution in [-0.4, -0.2) is 48.9 Å². The van der Waals surface area contributed by atoms with E-state index < -0.39 is 5.41 Å². The van der Waals surface area contributed by atoms with Gasteiger partial charge in [0.05, 0.1) is 11.1 Å². The number of nitrogens with zero attached hydrogens (tertiary/aromatic N) is 2. The molecule has 0 spiro atoms. The molecule has 3 aliphatic heterocycles. The van der Waals surface area contributed by atoms with E-state index in [0.717, 1.165) is 35.0 Å². The van der Waals surface area contributed by atoms with Crippen molar-refractivity contribution in [3.8, 4) is 0 Å². The van der Waals surface area contributed by atoms with Crippen LogP contribution in [0.25, 0.3) is 0 Å². The van der Waals surface area contributed by atoms with Crippen molar-refractivity contribution in [2.24, 2.45) is 10.6 Å². The van der Waals surface area contributed by atoms with Crippen LogP contribution in [0.5, 0.6) is 0 Å². The Morgan fingerprint density at radius 3 is 2.77 bits per heavy atom. The van der Waals surface area contributed by atoms with Crippen molar-refractivity contribution < 1.29 is 14.4 Å². The molecule has 0 N–H and O–H groups in total. The Bertz CT molecular complexity index is 732. The van der Waals surface area contributed by atoms with Crippen LogP contribution < -0.4 is 0 Å². The van der Waals surface area contributed by atoms with Gasteiger partial charge in [0.25, 0.3) is 0 Å². The van der Waals surface area contributed by atoms with Gasteiger partial charge in [0.2, 0.25) is 5.91 Å². The lowest BCUT2D eigenvalue weighted by Gasteiger charge is -2.39. The molecule has 1 saturated heterocycles. The lowest BCUT2D eigenvalue weighted by Crippen LogP contribution is -2.47. The van der Waals surface area contributed by atoms with E-state index >= 15 is 0 Å². The third kappa shape index (κ3) is 3.58. The van der Waals surface area contributed by atoms with E-state index in [1.165, 1.54) is 0 Å². The van der Waals surface area contributed by atoms with Gasteiger partial charge in [-0.15, -0.1) is 0 Å². The number of halogens is 1. The minimum absolute atomic E-state index is 0.0541. The van der Waals surface area contributed by atoms with Crippen LogP contribution in [0.3, 0.4) is 0 Å². The molecule has 0 saturated carbocycles. The van der Waals surface area contributed by atoms with Crippen LogP contribution >= 0.6 is 15.9 Å². The molecule has 0 radical (unpaired) electrons. The minimum Gasteiger partial charge on any atom is -0.392 e. The lowest BCUT2D eigenvalue weighted by atomic mass is 9.73. The maximum Gasteiger partial charge on any atom is 0.229 e. The van der Waals surface area contributed by atoms with Crippen LogP contribution in [0, 0.1) is 5.41 Å². The average Bonchev–Trinajstić information content (AvgIpc) is 3.34. The van der Waals surface area contributed by atoms with Crippen LogP contribution in [0.15, 0.2) is 46.0 Å². The van der Waals surface area contributed by atoms with Crippen molar-refractivity contribution in [3.05, 3.63) is 46.5 Å². The first-order valence-corrected chi connectivity index (χ1v) is 9.96. The fraction of sp³-hybridized carbons (Fsp3) is 0.500. The zero-order valence-corrected chi connectivity index (χ0v) is 16.3. The number of hydrogen-bond acceptors (Lipinski definition) is 4. The molecule has 1 unspecified atom stereocenters. The number of hydrogen-bond donors (Lipinski definition) is 0. The summed E-state index contributed by atoms with van der Waals surface area (Å²) in [6, 6.07) is 8.09. The van der Waals surface area contributed by atoms with Crippen LogP contribution in [0.4, 0.5) is 0 Å². The van der Waals surface area contributed by atoms with E-state index in [1.807, 2.05) is 23.1 Å². The van der Waals surface area contributed by atoms with Gasteiger partial charge in [0.15, 0.2) is 0 Å². The average molecular weight is 419 g/mol. The molecule has 1 aromatic carbocycles. The third-order valence-corrected chi connectivity index (χ3v) is 6.01. The maximum atomic E-state index is 13.2. The second-order valence-electron chi connectivity index (χ2n) is 7.26. The second kappa shape index (κ2) is 7.53. The van der Waals surface area contributed by atoms with Crippen molar-refractivity contribution >= 4 is 27.5 Å². The molecule has 1 atom stereocenters. The Balaban J connectivity index is 1.46. The summed E-state index contributed by atoms with van der Waals surface area (Å²) in [5.41, 5.74) is 1.63. The summed E-state index contributed by atoms with van der Waals surface area (Å²) in [6.45, 7) is 2.71. The van der Waals surface area contributed by atoms with Gasteiger partial charge in [0, 0.05) is 49.2 Å². The highest BCUT2D eigenvalue weighted by molar-refractivity contribution is 9.10. The van der Waals surface area contributed by atoms with Gasteiger partial charge >= 0.3 is 0 Å². The molecule has 3 aliphatic rings. The summed E-state index contributed by atoms with van der Waals surface area (Å²) in [4.78, 5) is 20.9. The van der Waals surface area contributed by atoms with Gasteiger partial charge in [-0.3, -0.25) is 4.79 Å². The summed E-state index contributed by atoms with van der Waals surface area (Å²) in [6.07, 6.45) is 7.03. The number of carbonyl (C=O) groups is 1. The Morgan fingerprint density at radius 2 is 2.04 bits per heavy atom. The molecule has 5 nitrogen and oxygen atoms in total. The van der Waals surface area contributed by atoms with Gasteiger partial charge in [-0.25, -0.2) is 0 Å². The number of benzene rings is 1. The zero-order chi connectivity index (χ0) is 18.0. The molecule has 3 heterocycles. The highest BCUT2D eigenvalue weighted by atomic mass is 79.9. The third-order valence-electron chi connectivity index (χ3n) is 5.52. The largest absolute Gasteiger partial charge is 0.392 e. The first-order valence-electron chi connectivity index (χ1n) is 9.17. The first-order chi connectivity index (χ1) is 12.7. The smallest absolute Gasteiger partial charge is 0.229 e. The zero-order valence-electron chi connectivity index (χ0n) is 14.7. The molecule has 1 amide bonds. The SMILES string of the molecule is O=C(N1CC=CC1)C1(CC2CC(c3cccc(Br)c3)=NO2)CCOCC1. The van der Waals surface area contributed by atoms with E-state index in [-0.39, 0.29) is 12.0 Å². The highest BCUT2D eigenvalue weighted by Crippen LogP contribution is 2.40. The standard InChI is InChI=1S/C20H23BrN2O3/c21-16-5-3-4-15(12-16)18-13-17(26-22-18)14-20(6-10-25-11-7-20)19(24)23-8-1-2-9-23/h1-5,12,17H,6-11,13-14H2. The fourth-order valence-corrected chi connectivity index (χ4v) is 4.46. The quantitative estimate of drug-likeness (QED) is 0.702. The van der Waals surface area contributed by atoms with Gasteiger partial charge in [-0.1, -0.05) is 45.4 Å². The van der Waals surface area contributed by atoms with E-state index in [4.69, 9.17) is 9.57 Å². The number of rotatable bonds is 4. The molecule has 26 heavy (non-hydrogen) atoms. The van der Waals surface area contributed by atoms with Crippen molar-refractivity contribution in [2.75, 3.05) is 26.3 Å². The molecule has 0 aromatic heterocycles. The number of ether oxygens (including phenoxy) is 1. The van der Waals surface area contributed by atoms with Gasteiger partial charge in [0.1, 0.15) is 6.10 Å².